The number of rotatable bonds is 8. The van der Waals surface area contributed by atoms with Crippen molar-refractivity contribution in [2.24, 2.45) is 0 Å². The largest absolute Gasteiger partial charge is 0.488 e. The molecule has 0 bridgehead atoms. The molecule has 0 radical (unpaired) electrons. The van der Waals surface area contributed by atoms with Crippen LogP contribution in [0, 0.1) is 24.0 Å². The maximum atomic E-state index is 12.5. The molecule has 0 aromatic heterocycles. The SMILES string of the molecule is Cc1cc(NC(=O)COC(=O)c2ccccc2OCc2ccccc2)c([N+](=O)[O-])cc1C. The van der Waals surface area contributed by atoms with E-state index in [2.05, 4.69) is 5.32 Å². The Kier molecular flexibility index (Phi) is 7.17. The zero-order valence-corrected chi connectivity index (χ0v) is 17.7. The van der Waals surface area contributed by atoms with E-state index in [0.717, 1.165) is 16.7 Å². The number of para-hydroxylation sites is 1. The van der Waals surface area contributed by atoms with Gasteiger partial charge in [0.15, 0.2) is 6.61 Å². The van der Waals surface area contributed by atoms with Crippen LogP contribution in [0.3, 0.4) is 0 Å². The van der Waals surface area contributed by atoms with Gasteiger partial charge >= 0.3 is 5.97 Å². The quantitative estimate of drug-likeness (QED) is 0.316. The van der Waals surface area contributed by atoms with Gasteiger partial charge in [-0.15, -0.1) is 0 Å². The van der Waals surface area contributed by atoms with E-state index in [1.54, 1.807) is 32.0 Å². The van der Waals surface area contributed by atoms with Crippen molar-refractivity contribution in [1.29, 1.82) is 0 Å². The van der Waals surface area contributed by atoms with Gasteiger partial charge in [0.2, 0.25) is 0 Å². The molecule has 0 unspecified atom stereocenters. The van der Waals surface area contributed by atoms with E-state index in [0.29, 0.717) is 5.75 Å². The molecule has 0 spiro atoms. The third kappa shape index (κ3) is 5.69. The summed E-state index contributed by atoms with van der Waals surface area (Å²) >= 11 is 0. The predicted octanol–water partition coefficient (Wildman–Crippen LogP) is 4.59. The van der Waals surface area contributed by atoms with Gasteiger partial charge in [-0.2, -0.15) is 0 Å². The van der Waals surface area contributed by atoms with Crippen molar-refractivity contribution in [3.05, 3.63) is 99.1 Å². The lowest BCUT2D eigenvalue weighted by molar-refractivity contribution is -0.384. The summed E-state index contributed by atoms with van der Waals surface area (Å²) in [5.74, 6) is -1.10. The summed E-state index contributed by atoms with van der Waals surface area (Å²) in [6.45, 7) is 3.19. The van der Waals surface area contributed by atoms with Gasteiger partial charge < -0.3 is 14.8 Å². The molecule has 0 fully saturated rings. The highest BCUT2D eigenvalue weighted by atomic mass is 16.6. The fraction of sp³-hybridized carbons (Fsp3) is 0.167. The monoisotopic (exact) mass is 434 g/mol. The minimum atomic E-state index is -0.738. The third-order valence-electron chi connectivity index (χ3n) is 4.76. The van der Waals surface area contributed by atoms with Crippen LogP contribution in [0.2, 0.25) is 0 Å². The summed E-state index contributed by atoms with van der Waals surface area (Å²) in [5, 5.41) is 13.7. The van der Waals surface area contributed by atoms with Gasteiger partial charge in [-0.25, -0.2) is 4.79 Å². The van der Waals surface area contributed by atoms with Gasteiger partial charge in [-0.05, 0) is 48.7 Å². The van der Waals surface area contributed by atoms with Crippen molar-refractivity contribution in [3.8, 4) is 5.75 Å². The van der Waals surface area contributed by atoms with Crippen molar-refractivity contribution < 1.29 is 24.0 Å². The average Bonchev–Trinajstić information content (AvgIpc) is 2.79. The molecule has 0 aliphatic rings. The van der Waals surface area contributed by atoms with Crippen molar-refractivity contribution in [2.45, 2.75) is 20.5 Å². The highest BCUT2D eigenvalue weighted by molar-refractivity contribution is 5.97. The summed E-state index contributed by atoms with van der Waals surface area (Å²) in [5.41, 5.74) is 2.44. The molecule has 0 atom stereocenters. The molecule has 0 aliphatic carbocycles. The zero-order valence-electron chi connectivity index (χ0n) is 17.7. The van der Waals surface area contributed by atoms with E-state index in [9.17, 15) is 19.7 Å². The summed E-state index contributed by atoms with van der Waals surface area (Å²) in [4.78, 5) is 35.5. The molecule has 164 valence electrons. The lowest BCUT2D eigenvalue weighted by atomic mass is 10.1. The fourth-order valence-electron chi connectivity index (χ4n) is 2.94. The Morgan fingerprint density at radius 1 is 0.969 bits per heavy atom. The molecule has 0 saturated heterocycles. The molecule has 0 heterocycles. The molecule has 3 rings (SSSR count). The number of hydrogen-bond acceptors (Lipinski definition) is 6. The average molecular weight is 434 g/mol. The van der Waals surface area contributed by atoms with E-state index in [1.165, 1.54) is 18.2 Å². The lowest BCUT2D eigenvalue weighted by Gasteiger charge is -2.12. The molecule has 0 aliphatic heterocycles. The fourth-order valence-corrected chi connectivity index (χ4v) is 2.94. The van der Waals surface area contributed by atoms with Gasteiger partial charge in [-0.3, -0.25) is 14.9 Å². The number of carbonyl (C=O) groups is 2. The number of hydrogen-bond donors (Lipinski definition) is 1. The van der Waals surface area contributed by atoms with E-state index >= 15 is 0 Å². The normalized spacial score (nSPS) is 10.3. The van der Waals surface area contributed by atoms with Gasteiger partial charge in [0, 0.05) is 6.07 Å². The first kappa shape index (κ1) is 22.5. The van der Waals surface area contributed by atoms with Crippen LogP contribution < -0.4 is 10.1 Å². The van der Waals surface area contributed by atoms with Crippen LogP contribution in [0.5, 0.6) is 5.75 Å². The molecule has 32 heavy (non-hydrogen) atoms. The van der Waals surface area contributed by atoms with Crippen LogP contribution in [-0.4, -0.2) is 23.4 Å². The number of amides is 1. The van der Waals surface area contributed by atoms with Crippen LogP contribution in [-0.2, 0) is 16.1 Å². The molecular weight excluding hydrogens is 412 g/mol. The first-order valence-corrected chi connectivity index (χ1v) is 9.83. The number of aryl methyl sites for hydroxylation is 2. The van der Waals surface area contributed by atoms with Crippen molar-refractivity contribution in [3.63, 3.8) is 0 Å². The molecule has 1 amide bonds. The number of benzene rings is 3. The summed E-state index contributed by atoms with van der Waals surface area (Å²) < 4.78 is 10.8. The number of nitro benzene ring substituents is 1. The number of nitrogens with zero attached hydrogens (tertiary/aromatic N) is 1. The molecule has 8 heteroatoms. The van der Waals surface area contributed by atoms with Gasteiger partial charge in [0.25, 0.3) is 11.6 Å². The first-order chi connectivity index (χ1) is 15.3. The highest BCUT2D eigenvalue weighted by Crippen LogP contribution is 2.28. The molecule has 3 aromatic carbocycles. The Morgan fingerprint density at radius 3 is 2.34 bits per heavy atom. The van der Waals surface area contributed by atoms with Gasteiger partial charge in [0.05, 0.1) is 4.92 Å². The summed E-state index contributed by atoms with van der Waals surface area (Å²) in [6, 6.07) is 18.9. The molecule has 3 aromatic rings. The molecular formula is C24H22N2O6. The Bertz CT molecular complexity index is 1140. The van der Waals surface area contributed by atoms with Gasteiger partial charge in [-0.1, -0.05) is 42.5 Å². The van der Waals surface area contributed by atoms with Crippen LogP contribution in [0.4, 0.5) is 11.4 Å². The zero-order chi connectivity index (χ0) is 23.1. The number of anilines is 1. The molecule has 0 saturated carbocycles. The van der Waals surface area contributed by atoms with Crippen LogP contribution in [0.15, 0.2) is 66.7 Å². The number of esters is 1. The maximum Gasteiger partial charge on any atom is 0.342 e. The van der Waals surface area contributed by atoms with Crippen molar-refractivity contribution in [1.82, 2.24) is 0 Å². The van der Waals surface area contributed by atoms with E-state index < -0.39 is 23.4 Å². The van der Waals surface area contributed by atoms with E-state index in [1.807, 2.05) is 30.3 Å². The number of ether oxygens (including phenoxy) is 2. The second-order valence-corrected chi connectivity index (χ2v) is 7.11. The second kappa shape index (κ2) is 10.2. The minimum Gasteiger partial charge on any atom is -0.488 e. The van der Waals surface area contributed by atoms with Crippen molar-refractivity contribution in [2.75, 3.05) is 11.9 Å². The maximum absolute atomic E-state index is 12.5. The standard InChI is InChI=1S/C24H22N2O6/c1-16-12-20(21(26(29)30)13-17(16)2)25-23(27)15-32-24(28)19-10-6-7-11-22(19)31-14-18-8-4-3-5-9-18/h3-13H,14-15H2,1-2H3,(H,25,27). The van der Waals surface area contributed by atoms with Crippen LogP contribution in [0.1, 0.15) is 27.0 Å². The van der Waals surface area contributed by atoms with E-state index in [-0.39, 0.29) is 23.5 Å². The Hall–Kier alpha value is -4.20. The third-order valence-corrected chi connectivity index (χ3v) is 4.76. The van der Waals surface area contributed by atoms with Gasteiger partial charge in [0.1, 0.15) is 23.6 Å². The highest BCUT2D eigenvalue weighted by Gasteiger charge is 2.19. The summed E-state index contributed by atoms with van der Waals surface area (Å²) in [6.07, 6.45) is 0. The summed E-state index contributed by atoms with van der Waals surface area (Å²) in [7, 11) is 0. The first-order valence-electron chi connectivity index (χ1n) is 9.83. The smallest absolute Gasteiger partial charge is 0.342 e. The predicted molar refractivity (Wildman–Crippen MR) is 119 cm³/mol. The molecule has 1 N–H and O–H groups in total. The van der Waals surface area contributed by atoms with Crippen LogP contribution >= 0.6 is 0 Å². The van der Waals surface area contributed by atoms with Crippen LogP contribution in [0.25, 0.3) is 0 Å². The second-order valence-electron chi connectivity index (χ2n) is 7.11. The lowest BCUT2D eigenvalue weighted by Crippen LogP contribution is -2.22. The Labute approximate surface area is 184 Å². The van der Waals surface area contributed by atoms with Crippen molar-refractivity contribution >= 4 is 23.3 Å². The topological polar surface area (TPSA) is 108 Å². The number of carbonyl (C=O) groups excluding carboxylic acids is 2. The Balaban J connectivity index is 1.63. The molecule has 8 nitrogen and oxygen atoms in total. The number of nitrogens with one attached hydrogen (secondary N) is 1. The number of nitro groups is 1. The minimum absolute atomic E-state index is 0.0470. The van der Waals surface area contributed by atoms with E-state index in [4.69, 9.17) is 9.47 Å². The Morgan fingerprint density at radius 2 is 1.62 bits per heavy atom.